The standard InChI is InChI=1S/C23H26N4/c1-16-10-17(2)14-26(13-16)23-22(25)11-20(12-24)27(23)15-19-8-5-7-18-6-3-4-9-21(18)19/h3-9,11,16-17H,10,13-15,25H2,1-2H3. The summed E-state index contributed by atoms with van der Waals surface area (Å²) in [6, 6.07) is 18.9. The molecule has 138 valence electrons. The number of nitrogen functional groups attached to an aromatic ring is 1. The average Bonchev–Trinajstić information content (AvgIpc) is 2.96. The number of hydrogen-bond acceptors (Lipinski definition) is 3. The number of nitrogens with zero attached hydrogens (tertiary/aromatic N) is 3. The Labute approximate surface area is 160 Å². The zero-order valence-corrected chi connectivity index (χ0v) is 16.0. The molecule has 0 aliphatic carbocycles. The fourth-order valence-electron chi connectivity index (χ4n) is 4.60. The van der Waals surface area contributed by atoms with Gasteiger partial charge < -0.3 is 15.2 Å². The highest BCUT2D eigenvalue weighted by atomic mass is 15.3. The highest BCUT2D eigenvalue weighted by Gasteiger charge is 2.27. The summed E-state index contributed by atoms with van der Waals surface area (Å²) in [5.41, 5.74) is 8.93. The van der Waals surface area contributed by atoms with Gasteiger partial charge in [-0.1, -0.05) is 56.3 Å². The molecule has 1 saturated heterocycles. The van der Waals surface area contributed by atoms with Crippen LogP contribution >= 0.6 is 0 Å². The molecule has 4 rings (SSSR count). The number of fused-ring (bicyclic) bond motifs is 1. The van der Waals surface area contributed by atoms with Crippen LogP contribution in [0, 0.1) is 23.2 Å². The van der Waals surface area contributed by atoms with Crippen molar-refractivity contribution in [2.75, 3.05) is 23.7 Å². The molecule has 27 heavy (non-hydrogen) atoms. The van der Waals surface area contributed by atoms with Gasteiger partial charge in [-0.2, -0.15) is 5.26 Å². The first-order chi connectivity index (χ1) is 13.1. The molecule has 2 unspecified atom stereocenters. The van der Waals surface area contributed by atoms with E-state index < -0.39 is 0 Å². The summed E-state index contributed by atoms with van der Waals surface area (Å²) in [7, 11) is 0. The van der Waals surface area contributed by atoms with Crippen molar-refractivity contribution in [2.24, 2.45) is 11.8 Å². The van der Waals surface area contributed by atoms with Crippen LogP contribution in [0.3, 0.4) is 0 Å². The second kappa shape index (κ2) is 7.00. The minimum atomic E-state index is 0.625. The van der Waals surface area contributed by atoms with Crippen molar-refractivity contribution < 1.29 is 0 Å². The molecule has 0 radical (unpaired) electrons. The van der Waals surface area contributed by atoms with Crippen LogP contribution in [-0.4, -0.2) is 17.7 Å². The number of anilines is 2. The van der Waals surface area contributed by atoms with Crippen molar-refractivity contribution in [3.63, 3.8) is 0 Å². The topological polar surface area (TPSA) is 58.0 Å². The molecule has 4 nitrogen and oxygen atoms in total. The maximum Gasteiger partial charge on any atom is 0.133 e. The molecule has 0 bridgehead atoms. The van der Waals surface area contributed by atoms with Crippen molar-refractivity contribution in [3.8, 4) is 6.07 Å². The number of nitriles is 1. The summed E-state index contributed by atoms with van der Waals surface area (Å²) < 4.78 is 2.10. The summed E-state index contributed by atoms with van der Waals surface area (Å²) in [6.07, 6.45) is 1.24. The molecule has 4 heteroatoms. The lowest BCUT2D eigenvalue weighted by molar-refractivity contribution is 0.353. The Balaban J connectivity index is 1.79. The third-order valence-corrected chi connectivity index (χ3v) is 5.59. The first-order valence-corrected chi connectivity index (χ1v) is 9.67. The maximum absolute atomic E-state index is 9.70. The zero-order valence-electron chi connectivity index (χ0n) is 16.0. The van der Waals surface area contributed by atoms with E-state index in [4.69, 9.17) is 5.73 Å². The van der Waals surface area contributed by atoms with E-state index in [1.54, 1.807) is 0 Å². The van der Waals surface area contributed by atoms with Crippen LogP contribution in [-0.2, 0) is 6.54 Å². The number of aromatic nitrogens is 1. The predicted molar refractivity (Wildman–Crippen MR) is 112 cm³/mol. The highest BCUT2D eigenvalue weighted by molar-refractivity contribution is 5.85. The van der Waals surface area contributed by atoms with Crippen molar-refractivity contribution >= 4 is 22.3 Å². The van der Waals surface area contributed by atoms with Gasteiger partial charge in [0.2, 0.25) is 0 Å². The van der Waals surface area contributed by atoms with Gasteiger partial charge in [0.1, 0.15) is 17.6 Å². The molecule has 0 saturated carbocycles. The van der Waals surface area contributed by atoms with Crippen molar-refractivity contribution in [3.05, 3.63) is 59.8 Å². The van der Waals surface area contributed by atoms with Gasteiger partial charge >= 0.3 is 0 Å². The van der Waals surface area contributed by atoms with Gasteiger partial charge in [-0.15, -0.1) is 0 Å². The van der Waals surface area contributed by atoms with Gasteiger partial charge in [0.15, 0.2) is 0 Å². The van der Waals surface area contributed by atoms with Gasteiger partial charge in [0, 0.05) is 13.1 Å². The lowest BCUT2D eigenvalue weighted by Crippen LogP contribution is -2.40. The zero-order chi connectivity index (χ0) is 19.0. The maximum atomic E-state index is 9.70. The molecule has 1 aliphatic rings. The van der Waals surface area contributed by atoms with Crippen LogP contribution in [0.25, 0.3) is 10.8 Å². The molecule has 2 N–H and O–H groups in total. The highest BCUT2D eigenvalue weighted by Crippen LogP contribution is 2.34. The Hall–Kier alpha value is -2.93. The summed E-state index contributed by atoms with van der Waals surface area (Å²) in [5.74, 6) is 2.25. The third-order valence-electron chi connectivity index (χ3n) is 5.59. The first-order valence-electron chi connectivity index (χ1n) is 9.67. The van der Waals surface area contributed by atoms with Crippen LogP contribution in [0.1, 0.15) is 31.5 Å². The van der Waals surface area contributed by atoms with Crippen LogP contribution in [0.5, 0.6) is 0 Å². The Bertz CT molecular complexity index is 996. The van der Waals surface area contributed by atoms with E-state index in [-0.39, 0.29) is 0 Å². The van der Waals surface area contributed by atoms with Gasteiger partial charge in [0.05, 0.1) is 12.2 Å². The SMILES string of the molecule is CC1CC(C)CN(c2c(N)cc(C#N)n2Cc2cccc3ccccc23)C1. The summed E-state index contributed by atoms with van der Waals surface area (Å²) in [4.78, 5) is 2.38. The minimum absolute atomic E-state index is 0.625. The summed E-state index contributed by atoms with van der Waals surface area (Å²) >= 11 is 0. The van der Waals surface area contributed by atoms with E-state index in [1.807, 2.05) is 6.07 Å². The summed E-state index contributed by atoms with van der Waals surface area (Å²) in [6.45, 7) is 7.21. The van der Waals surface area contributed by atoms with Gasteiger partial charge in [0.25, 0.3) is 0 Å². The Morgan fingerprint density at radius 2 is 1.78 bits per heavy atom. The second-order valence-corrected chi connectivity index (χ2v) is 8.00. The van der Waals surface area contributed by atoms with Gasteiger partial charge in [-0.25, -0.2) is 0 Å². The Kier molecular flexibility index (Phi) is 4.53. The molecular weight excluding hydrogens is 332 g/mol. The van der Waals surface area contributed by atoms with Crippen LogP contribution in [0.2, 0.25) is 0 Å². The first kappa shape index (κ1) is 17.5. The van der Waals surface area contributed by atoms with Crippen LogP contribution < -0.4 is 10.6 Å². The van der Waals surface area contributed by atoms with E-state index in [2.05, 4.69) is 71.8 Å². The fourth-order valence-corrected chi connectivity index (χ4v) is 4.60. The molecule has 3 aromatic rings. The minimum Gasteiger partial charge on any atom is -0.396 e. The molecular formula is C23H26N4. The molecule has 0 amide bonds. The van der Waals surface area contributed by atoms with Crippen molar-refractivity contribution in [2.45, 2.75) is 26.8 Å². The number of benzene rings is 2. The smallest absolute Gasteiger partial charge is 0.133 e. The number of hydrogen-bond donors (Lipinski definition) is 1. The van der Waals surface area contributed by atoms with Crippen LogP contribution in [0.4, 0.5) is 11.5 Å². The molecule has 2 heterocycles. The van der Waals surface area contributed by atoms with Crippen LogP contribution in [0.15, 0.2) is 48.5 Å². The lowest BCUT2D eigenvalue weighted by Gasteiger charge is -2.37. The van der Waals surface area contributed by atoms with Crippen molar-refractivity contribution in [1.29, 1.82) is 5.26 Å². The van der Waals surface area contributed by atoms with E-state index in [9.17, 15) is 5.26 Å². The fraction of sp³-hybridized carbons (Fsp3) is 0.348. The van der Waals surface area contributed by atoms with Gasteiger partial charge in [-0.05, 0) is 40.7 Å². The monoisotopic (exact) mass is 358 g/mol. The molecule has 1 fully saturated rings. The molecule has 1 aliphatic heterocycles. The largest absolute Gasteiger partial charge is 0.396 e. The van der Waals surface area contributed by atoms with E-state index >= 15 is 0 Å². The quantitative estimate of drug-likeness (QED) is 0.743. The van der Waals surface area contributed by atoms with Crippen molar-refractivity contribution in [1.82, 2.24) is 4.57 Å². The summed E-state index contributed by atoms with van der Waals surface area (Å²) in [5, 5.41) is 12.1. The average molecular weight is 358 g/mol. The van der Waals surface area contributed by atoms with E-state index in [0.29, 0.717) is 29.8 Å². The number of piperidine rings is 1. The molecule has 1 aromatic heterocycles. The predicted octanol–water partition coefficient (Wildman–Crippen LogP) is 4.63. The second-order valence-electron chi connectivity index (χ2n) is 8.00. The molecule has 0 spiro atoms. The lowest BCUT2D eigenvalue weighted by atomic mass is 9.92. The number of rotatable bonds is 3. The Morgan fingerprint density at radius 3 is 2.52 bits per heavy atom. The Morgan fingerprint density at radius 1 is 1.07 bits per heavy atom. The van der Waals surface area contributed by atoms with Gasteiger partial charge in [-0.3, -0.25) is 0 Å². The normalized spacial score (nSPS) is 20.0. The number of nitrogens with two attached hydrogens (primary N) is 1. The third kappa shape index (κ3) is 3.26. The molecule has 2 atom stereocenters. The molecule has 2 aromatic carbocycles. The van der Waals surface area contributed by atoms with E-state index in [0.717, 1.165) is 18.9 Å². The van der Waals surface area contributed by atoms with E-state index in [1.165, 1.54) is 22.8 Å².